The van der Waals surface area contributed by atoms with E-state index < -0.39 is 30.2 Å². The number of amides is 2. The smallest absolute Gasteiger partial charge is 0.331 e. The van der Waals surface area contributed by atoms with Crippen molar-refractivity contribution < 1.29 is 28.2 Å². The fourth-order valence-corrected chi connectivity index (χ4v) is 1.96. The van der Waals surface area contributed by atoms with Crippen molar-refractivity contribution in [1.29, 1.82) is 0 Å². The fraction of sp³-hybridized carbons (Fsp3) is 0.105. The number of halogens is 1. The molecule has 0 atom stereocenters. The van der Waals surface area contributed by atoms with Crippen molar-refractivity contribution in [1.82, 2.24) is 5.32 Å². The zero-order chi connectivity index (χ0) is 18.9. The summed E-state index contributed by atoms with van der Waals surface area (Å²) in [5.41, 5.74) is 0.734. The molecule has 2 amide bonds. The first kappa shape index (κ1) is 18.9. The minimum Gasteiger partial charge on any atom is -0.494 e. The van der Waals surface area contributed by atoms with Crippen LogP contribution in [0, 0.1) is 5.82 Å². The van der Waals surface area contributed by atoms with E-state index >= 15 is 0 Å². The molecule has 134 valence electrons. The molecule has 0 saturated heterocycles. The molecule has 0 saturated carbocycles. The molecule has 0 fully saturated rings. The van der Waals surface area contributed by atoms with Crippen LogP contribution in [0.5, 0.6) is 5.75 Å². The summed E-state index contributed by atoms with van der Waals surface area (Å²) >= 11 is 0. The second-order valence-electron chi connectivity index (χ2n) is 5.08. The zero-order valence-corrected chi connectivity index (χ0v) is 13.9. The van der Waals surface area contributed by atoms with Crippen LogP contribution >= 0.6 is 0 Å². The summed E-state index contributed by atoms with van der Waals surface area (Å²) in [6, 6.07) is 12.3. The molecule has 0 aliphatic rings. The number of hydrogen-bond donors (Lipinski definition) is 1. The summed E-state index contributed by atoms with van der Waals surface area (Å²) in [7, 11) is 1.35. The number of ether oxygens (including phenoxy) is 2. The summed E-state index contributed by atoms with van der Waals surface area (Å²) in [6.45, 7) is -0.612. The van der Waals surface area contributed by atoms with E-state index in [9.17, 15) is 18.8 Å². The minimum absolute atomic E-state index is 0.0875. The van der Waals surface area contributed by atoms with Gasteiger partial charge in [-0.05, 0) is 35.9 Å². The molecule has 6 nitrogen and oxygen atoms in total. The molecular weight excluding hydrogens is 341 g/mol. The summed E-state index contributed by atoms with van der Waals surface area (Å²) in [6.07, 6.45) is 2.38. The largest absolute Gasteiger partial charge is 0.494 e. The van der Waals surface area contributed by atoms with Crippen molar-refractivity contribution in [2.24, 2.45) is 0 Å². The maximum atomic E-state index is 13.5. The lowest BCUT2D eigenvalue weighted by Gasteiger charge is -2.04. The maximum absolute atomic E-state index is 13.5. The SMILES string of the molecule is COc1ccc(/C=C/C(=O)OCC(=O)NC(=O)c2ccccc2)cc1F. The Morgan fingerprint density at radius 3 is 2.50 bits per heavy atom. The van der Waals surface area contributed by atoms with Crippen molar-refractivity contribution in [3.05, 3.63) is 71.6 Å². The van der Waals surface area contributed by atoms with E-state index in [1.54, 1.807) is 36.4 Å². The predicted octanol–water partition coefficient (Wildman–Crippen LogP) is 2.35. The van der Waals surface area contributed by atoms with Gasteiger partial charge in [0.2, 0.25) is 0 Å². The Labute approximate surface area is 149 Å². The Hall–Kier alpha value is -3.48. The van der Waals surface area contributed by atoms with Crippen LogP contribution < -0.4 is 10.1 Å². The highest BCUT2D eigenvalue weighted by Crippen LogP contribution is 2.18. The van der Waals surface area contributed by atoms with Gasteiger partial charge in [-0.15, -0.1) is 0 Å². The van der Waals surface area contributed by atoms with Crippen LogP contribution in [-0.4, -0.2) is 31.5 Å². The number of rotatable bonds is 6. The Balaban J connectivity index is 1.81. The second-order valence-corrected chi connectivity index (χ2v) is 5.08. The first-order valence-electron chi connectivity index (χ1n) is 7.57. The molecule has 26 heavy (non-hydrogen) atoms. The van der Waals surface area contributed by atoms with Crippen molar-refractivity contribution >= 4 is 23.9 Å². The normalized spacial score (nSPS) is 10.4. The average Bonchev–Trinajstić information content (AvgIpc) is 2.65. The Bertz CT molecular complexity index is 833. The van der Waals surface area contributed by atoms with Crippen LogP contribution in [0.4, 0.5) is 4.39 Å². The number of carbonyl (C=O) groups excluding carboxylic acids is 3. The van der Waals surface area contributed by atoms with E-state index in [0.29, 0.717) is 11.1 Å². The van der Waals surface area contributed by atoms with Crippen molar-refractivity contribution in [3.63, 3.8) is 0 Å². The number of hydrogen-bond acceptors (Lipinski definition) is 5. The van der Waals surface area contributed by atoms with Crippen LogP contribution in [-0.2, 0) is 14.3 Å². The standard InChI is InChI=1S/C19H16FNO5/c1-25-16-9-7-13(11-15(16)20)8-10-18(23)26-12-17(22)21-19(24)14-5-3-2-4-6-14/h2-11H,12H2,1H3,(H,21,22,24)/b10-8+. The third kappa shape index (κ3) is 5.55. The topological polar surface area (TPSA) is 81.7 Å². The molecule has 2 rings (SSSR count). The van der Waals surface area contributed by atoms with Gasteiger partial charge in [0.1, 0.15) is 0 Å². The van der Waals surface area contributed by atoms with Gasteiger partial charge in [-0.1, -0.05) is 24.3 Å². The number of nitrogens with one attached hydrogen (secondary N) is 1. The number of esters is 1. The van der Waals surface area contributed by atoms with E-state index in [2.05, 4.69) is 5.32 Å². The molecule has 0 aromatic heterocycles. The Morgan fingerprint density at radius 1 is 1.12 bits per heavy atom. The average molecular weight is 357 g/mol. The van der Waals surface area contributed by atoms with Gasteiger partial charge in [0, 0.05) is 11.6 Å². The molecule has 0 spiro atoms. The molecule has 2 aromatic rings. The first-order valence-corrected chi connectivity index (χ1v) is 7.57. The van der Waals surface area contributed by atoms with Gasteiger partial charge >= 0.3 is 5.97 Å². The Kier molecular flexibility index (Phi) is 6.61. The van der Waals surface area contributed by atoms with Gasteiger partial charge in [0.15, 0.2) is 18.2 Å². The first-order chi connectivity index (χ1) is 12.5. The van der Waals surface area contributed by atoms with E-state index in [1.165, 1.54) is 25.3 Å². The monoisotopic (exact) mass is 357 g/mol. The summed E-state index contributed by atoms with van der Waals surface area (Å²) in [4.78, 5) is 35.0. The Morgan fingerprint density at radius 2 is 1.85 bits per heavy atom. The van der Waals surface area contributed by atoms with Gasteiger partial charge in [-0.2, -0.15) is 0 Å². The molecular formula is C19H16FNO5. The van der Waals surface area contributed by atoms with E-state index in [-0.39, 0.29) is 5.75 Å². The van der Waals surface area contributed by atoms with Crippen molar-refractivity contribution in [2.75, 3.05) is 13.7 Å². The summed E-state index contributed by atoms with van der Waals surface area (Å²) < 4.78 is 23.1. The van der Waals surface area contributed by atoms with Crippen molar-refractivity contribution in [2.45, 2.75) is 0 Å². The number of imide groups is 1. The van der Waals surface area contributed by atoms with Crippen LogP contribution in [0.25, 0.3) is 6.08 Å². The lowest BCUT2D eigenvalue weighted by Crippen LogP contribution is -2.33. The van der Waals surface area contributed by atoms with E-state index in [4.69, 9.17) is 9.47 Å². The van der Waals surface area contributed by atoms with Gasteiger partial charge in [-0.3, -0.25) is 14.9 Å². The quantitative estimate of drug-likeness (QED) is 0.634. The van der Waals surface area contributed by atoms with Crippen LogP contribution in [0.15, 0.2) is 54.6 Å². The molecule has 0 heterocycles. The molecule has 2 aromatic carbocycles. The fourth-order valence-electron chi connectivity index (χ4n) is 1.96. The molecule has 0 aliphatic carbocycles. The van der Waals surface area contributed by atoms with Gasteiger partial charge in [-0.25, -0.2) is 9.18 Å². The molecule has 0 bridgehead atoms. The zero-order valence-electron chi connectivity index (χ0n) is 13.9. The van der Waals surface area contributed by atoms with Gasteiger partial charge in [0.05, 0.1) is 7.11 Å². The summed E-state index contributed by atoms with van der Waals surface area (Å²) in [5, 5.41) is 2.10. The van der Waals surface area contributed by atoms with Gasteiger partial charge < -0.3 is 9.47 Å². The third-order valence-corrected chi connectivity index (χ3v) is 3.22. The predicted molar refractivity (Wildman–Crippen MR) is 91.9 cm³/mol. The van der Waals surface area contributed by atoms with Crippen LogP contribution in [0.2, 0.25) is 0 Å². The van der Waals surface area contributed by atoms with E-state index in [0.717, 1.165) is 6.08 Å². The third-order valence-electron chi connectivity index (χ3n) is 3.22. The van der Waals surface area contributed by atoms with Crippen LogP contribution in [0.3, 0.4) is 0 Å². The lowest BCUT2D eigenvalue weighted by atomic mass is 10.2. The second kappa shape index (κ2) is 9.12. The maximum Gasteiger partial charge on any atom is 0.331 e. The highest BCUT2D eigenvalue weighted by atomic mass is 19.1. The number of methoxy groups -OCH3 is 1. The molecule has 0 aliphatic heterocycles. The minimum atomic E-state index is -0.802. The molecule has 7 heteroatoms. The summed E-state index contributed by atoms with van der Waals surface area (Å²) in [5.74, 6) is -2.62. The molecule has 0 unspecified atom stereocenters. The molecule has 0 radical (unpaired) electrons. The number of carbonyl (C=O) groups is 3. The lowest BCUT2D eigenvalue weighted by molar-refractivity contribution is -0.143. The van der Waals surface area contributed by atoms with E-state index in [1.807, 2.05) is 0 Å². The number of benzene rings is 2. The van der Waals surface area contributed by atoms with Crippen LogP contribution in [0.1, 0.15) is 15.9 Å². The molecule has 1 N–H and O–H groups in total. The highest BCUT2D eigenvalue weighted by molar-refractivity contribution is 6.05. The van der Waals surface area contributed by atoms with Crippen molar-refractivity contribution in [3.8, 4) is 5.75 Å². The highest BCUT2D eigenvalue weighted by Gasteiger charge is 2.11. The van der Waals surface area contributed by atoms with Gasteiger partial charge in [0.25, 0.3) is 11.8 Å².